The average molecular weight is 602 g/mol. The van der Waals surface area contributed by atoms with Crippen LogP contribution in [-0.2, 0) is 0 Å². The van der Waals surface area contributed by atoms with Crippen molar-refractivity contribution in [3.05, 3.63) is 193 Å². The SMILES string of the molecule is C=C(c1ccccc1)N(C1=C(C)C=CCC=C1)c1ccc(-c2c3ccccc3c(-c3ccc4ccccc4c3)c3ccccc23)cc1. The lowest BCUT2D eigenvalue weighted by Gasteiger charge is -2.29. The van der Waals surface area contributed by atoms with Crippen molar-refractivity contribution in [2.75, 3.05) is 4.90 Å². The molecule has 1 aliphatic carbocycles. The van der Waals surface area contributed by atoms with Gasteiger partial charge in [0.1, 0.15) is 0 Å². The molecule has 0 aliphatic heterocycles. The lowest BCUT2D eigenvalue weighted by Crippen LogP contribution is -2.20. The van der Waals surface area contributed by atoms with Crippen LogP contribution in [-0.4, -0.2) is 0 Å². The topological polar surface area (TPSA) is 3.24 Å². The van der Waals surface area contributed by atoms with Gasteiger partial charge in [-0.05, 0) is 103 Å². The minimum Gasteiger partial charge on any atom is -0.310 e. The Morgan fingerprint density at radius 1 is 0.532 bits per heavy atom. The first kappa shape index (κ1) is 28.5. The maximum absolute atomic E-state index is 4.60. The molecule has 1 aliphatic rings. The highest BCUT2D eigenvalue weighted by atomic mass is 15.2. The van der Waals surface area contributed by atoms with Gasteiger partial charge in [0, 0.05) is 17.1 Å². The second kappa shape index (κ2) is 12.1. The third-order valence-corrected chi connectivity index (χ3v) is 9.32. The fraction of sp³-hybridized carbons (Fsp3) is 0.0435. The molecule has 0 radical (unpaired) electrons. The van der Waals surface area contributed by atoms with Gasteiger partial charge in [-0.3, -0.25) is 0 Å². The number of allylic oxidation sites excluding steroid dienone is 5. The van der Waals surface area contributed by atoms with Gasteiger partial charge in [-0.25, -0.2) is 0 Å². The molecule has 1 heteroatoms. The third-order valence-electron chi connectivity index (χ3n) is 9.32. The van der Waals surface area contributed by atoms with E-state index in [0.29, 0.717) is 0 Å². The van der Waals surface area contributed by atoms with Crippen LogP contribution in [0.25, 0.3) is 60.3 Å². The van der Waals surface area contributed by atoms with Crippen LogP contribution in [0.1, 0.15) is 18.9 Å². The second-order valence-electron chi connectivity index (χ2n) is 12.2. The standard InChI is InChI=1S/C46H35N/c1-32-15-5-3-8-24-44(32)47(33(2)34-16-6-4-7-17-34)39-29-27-36(28-30-39)45-40-20-11-13-22-42(40)46(43-23-14-12-21-41(43)45)38-26-25-35-18-9-10-19-37(35)31-38/h4-31H,2-3H2,1H3. The van der Waals surface area contributed by atoms with Crippen molar-refractivity contribution in [3.8, 4) is 22.3 Å². The van der Waals surface area contributed by atoms with E-state index in [1.54, 1.807) is 0 Å². The maximum atomic E-state index is 4.60. The van der Waals surface area contributed by atoms with Crippen LogP contribution in [0, 0.1) is 0 Å². The molecule has 0 atom stereocenters. The predicted molar refractivity (Wildman–Crippen MR) is 203 cm³/mol. The van der Waals surface area contributed by atoms with E-state index >= 15 is 0 Å². The van der Waals surface area contributed by atoms with E-state index in [9.17, 15) is 0 Å². The third kappa shape index (κ3) is 5.16. The second-order valence-corrected chi connectivity index (χ2v) is 12.2. The summed E-state index contributed by atoms with van der Waals surface area (Å²) in [6, 6.07) is 52.7. The Kier molecular flexibility index (Phi) is 7.36. The molecule has 0 saturated carbocycles. The summed E-state index contributed by atoms with van der Waals surface area (Å²) in [5.74, 6) is 0. The van der Waals surface area contributed by atoms with E-state index in [1.807, 2.05) is 0 Å². The highest BCUT2D eigenvalue weighted by Gasteiger charge is 2.20. The lowest BCUT2D eigenvalue weighted by atomic mass is 9.85. The van der Waals surface area contributed by atoms with Gasteiger partial charge in [0.05, 0.1) is 0 Å². The summed E-state index contributed by atoms with van der Waals surface area (Å²) >= 11 is 0. The van der Waals surface area contributed by atoms with Crippen LogP contribution < -0.4 is 4.90 Å². The minimum absolute atomic E-state index is 0.917. The first-order valence-electron chi connectivity index (χ1n) is 16.3. The molecular weight excluding hydrogens is 567 g/mol. The summed E-state index contributed by atoms with van der Waals surface area (Å²) < 4.78 is 0. The van der Waals surface area contributed by atoms with Gasteiger partial charge >= 0.3 is 0 Å². The number of hydrogen-bond donors (Lipinski definition) is 0. The fourth-order valence-electron chi connectivity index (χ4n) is 7.04. The zero-order valence-corrected chi connectivity index (χ0v) is 26.5. The Hall–Kier alpha value is -5.92. The molecule has 1 nitrogen and oxygen atoms in total. The molecule has 0 amide bonds. The molecule has 7 aromatic carbocycles. The van der Waals surface area contributed by atoms with Gasteiger partial charge in [-0.15, -0.1) is 0 Å². The van der Waals surface area contributed by atoms with E-state index in [0.717, 1.165) is 29.1 Å². The van der Waals surface area contributed by atoms with Crippen molar-refractivity contribution in [3.63, 3.8) is 0 Å². The first-order valence-corrected chi connectivity index (χ1v) is 16.3. The quantitative estimate of drug-likeness (QED) is 0.171. The van der Waals surface area contributed by atoms with Crippen molar-refractivity contribution in [2.45, 2.75) is 13.3 Å². The number of fused-ring (bicyclic) bond motifs is 3. The molecule has 0 heterocycles. The van der Waals surface area contributed by atoms with Crippen LogP contribution in [0.2, 0.25) is 0 Å². The molecular formula is C46H35N. The maximum Gasteiger partial charge on any atom is 0.0487 e. The summed E-state index contributed by atoms with van der Waals surface area (Å²) in [5.41, 5.74) is 10.4. The molecule has 0 saturated heterocycles. The van der Waals surface area contributed by atoms with Crippen molar-refractivity contribution >= 4 is 43.7 Å². The van der Waals surface area contributed by atoms with E-state index in [1.165, 1.54) is 60.1 Å². The highest BCUT2D eigenvalue weighted by Crippen LogP contribution is 2.44. The number of anilines is 1. The molecule has 7 aromatic rings. The molecule has 0 aromatic heterocycles. The lowest BCUT2D eigenvalue weighted by molar-refractivity contribution is 1.19. The Bertz CT molecular complexity index is 2330. The molecule has 224 valence electrons. The summed E-state index contributed by atoms with van der Waals surface area (Å²) in [6.07, 6.45) is 9.79. The monoisotopic (exact) mass is 601 g/mol. The smallest absolute Gasteiger partial charge is 0.0487 e. The van der Waals surface area contributed by atoms with Crippen molar-refractivity contribution in [2.24, 2.45) is 0 Å². The van der Waals surface area contributed by atoms with Crippen LogP contribution in [0.15, 0.2) is 188 Å². The van der Waals surface area contributed by atoms with E-state index < -0.39 is 0 Å². The van der Waals surface area contributed by atoms with Gasteiger partial charge in [0.15, 0.2) is 0 Å². The van der Waals surface area contributed by atoms with Crippen LogP contribution in [0.3, 0.4) is 0 Å². The van der Waals surface area contributed by atoms with Crippen LogP contribution in [0.5, 0.6) is 0 Å². The van der Waals surface area contributed by atoms with Crippen LogP contribution >= 0.6 is 0 Å². The zero-order valence-electron chi connectivity index (χ0n) is 26.5. The Labute approximate surface area is 276 Å². The molecule has 47 heavy (non-hydrogen) atoms. The average Bonchev–Trinajstić information content (AvgIpc) is 3.35. The number of hydrogen-bond acceptors (Lipinski definition) is 1. The Morgan fingerprint density at radius 3 is 1.72 bits per heavy atom. The first-order chi connectivity index (χ1) is 23.2. The summed E-state index contributed by atoms with van der Waals surface area (Å²) in [5, 5.41) is 7.54. The number of benzene rings is 7. The predicted octanol–water partition coefficient (Wildman–Crippen LogP) is 12.7. The highest BCUT2D eigenvalue weighted by molar-refractivity contribution is 6.21. The van der Waals surface area contributed by atoms with Gasteiger partial charge in [0.2, 0.25) is 0 Å². The number of nitrogens with zero attached hydrogens (tertiary/aromatic N) is 1. The molecule has 0 fully saturated rings. The van der Waals surface area contributed by atoms with E-state index in [-0.39, 0.29) is 0 Å². The summed E-state index contributed by atoms with van der Waals surface area (Å²) in [7, 11) is 0. The van der Waals surface area contributed by atoms with Gasteiger partial charge in [-0.2, -0.15) is 0 Å². The minimum atomic E-state index is 0.917. The van der Waals surface area contributed by atoms with Crippen molar-refractivity contribution < 1.29 is 0 Å². The molecule has 0 N–H and O–H groups in total. The zero-order chi connectivity index (χ0) is 31.7. The van der Waals surface area contributed by atoms with Gasteiger partial charge in [0.25, 0.3) is 0 Å². The van der Waals surface area contributed by atoms with Crippen LogP contribution in [0.4, 0.5) is 5.69 Å². The molecule has 0 spiro atoms. The Balaban J connectivity index is 1.31. The van der Waals surface area contributed by atoms with E-state index in [2.05, 4.69) is 188 Å². The van der Waals surface area contributed by atoms with E-state index in [4.69, 9.17) is 0 Å². The van der Waals surface area contributed by atoms with Gasteiger partial charge in [-0.1, -0.05) is 152 Å². The molecule has 0 bridgehead atoms. The Morgan fingerprint density at radius 2 is 1.06 bits per heavy atom. The van der Waals surface area contributed by atoms with Crippen molar-refractivity contribution in [1.29, 1.82) is 0 Å². The summed E-state index contributed by atoms with van der Waals surface area (Å²) in [4.78, 5) is 2.29. The summed E-state index contributed by atoms with van der Waals surface area (Å²) in [6.45, 7) is 6.77. The molecule has 8 rings (SSSR count). The van der Waals surface area contributed by atoms with Gasteiger partial charge < -0.3 is 4.90 Å². The normalized spacial score (nSPS) is 13.0. The molecule has 0 unspecified atom stereocenters. The number of rotatable bonds is 6. The largest absolute Gasteiger partial charge is 0.310 e. The fourth-order valence-corrected chi connectivity index (χ4v) is 7.04. The van der Waals surface area contributed by atoms with Crippen molar-refractivity contribution in [1.82, 2.24) is 0 Å².